The summed E-state index contributed by atoms with van der Waals surface area (Å²) in [6.45, 7) is 2.05. The van der Waals surface area contributed by atoms with Gasteiger partial charge in [0.15, 0.2) is 5.13 Å². The van der Waals surface area contributed by atoms with E-state index in [1.54, 1.807) is 23.5 Å². The van der Waals surface area contributed by atoms with E-state index >= 15 is 0 Å². The maximum atomic E-state index is 13.2. The van der Waals surface area contributed by atoms with Gasteiger partial charge in [0.2, 0.25) is 0 Å². The van der Waals surface area contributed by atoms with Gasteiger partial charge in [-0.05, 0) is 55.5 Å². The van der Waals surface area contributed by atoms with E-state index in [1.165, 1.54) is 28.3 Å². The van der Waals surface area contributed by atoms with Crippen LogP contribution in [0.1, 0.15) is 15.2 Å². The first-order valence-electron chi connectivity index (χ1n) is 9.56. The zero-order valence-electron chi connectivity index (χ0n) is 16.4. The lowest BCUT2D eigenvalue weighted by Gasteiger charge is -2.08. The van der Waals surface area contributed by atoms with Crippen molar-refractivity contribution in [1.82, 2.24) is 9.97 Å². The van der Waals surface area contributed by atoms with Gasteiger partial charge in [-0.15, -0.1) is 22.7 Å². The van der Waals surface area contributed by atoms with Crippen LogP contribution in [0.2, 0.25) is 0 Å². The maximum absolute atomic E-state index is 13.2. The Morgan fingerprint density at radius 2 is 1.77 bits per heavy atom. The summed E-state index contributed by atoms with van der Waals surface area (Å²) >= 11 is 2.98. The van der Waals surface area contributed by atoms with Crippen molar-refractivity contribution in [2.24, 2.45) is 0 Å². The van der Waals surface area contributed by atoms with Crippen LogP contribution >= 0.6 is 22.7 Å². The first kappa shape index (κ1) is 19.5. The molecule has 0 saturated heterocycles. The molecule has 4 nitrogen and oxygen atoms in total. The number of thiazole rings is 1. The van der Waals surface area contributed by atoms with Crippen LogP contribution in [-0.4, -0.2) is 15.9 Å². The van der Waals surface area contributed by atoms with Gasteiger partial charge in [0, 0.05) is 21.2 Å². The Hall–Kier alpha value is -3.42. The number of hydrogen-bond acceptors (Lipinski definition) is 5. The van der Waals surface area contributed by atoms with Gasteiger partial charge >= 0.3 is 0 Å². The molecule has 7 heteroatoms. The molecule has 0 spiro atoms. The number of benzene rings is 2. The van der Waals surface area contributed by atoms with Gasteiger partial charge in [0.25, 0.3) is 5.91 Å². The van der Waals surface area contributed by atoms with Crippen LogP contribution in [0, 0.1) is 12.7 Å². The number of carbonyl (C=O) groups is 1. The van der Waals surface area contributed by atoms with Gasteiger partial charge in [-0.1, -0.05) is 18.2 Å². The predicted octanol–water partition coefficient (Wildman–Crippen LogP) is 6.79. The molecule has 0 aliphatic heterocycles. The van der Waals surface area contributed by atoms with E-state index in [-0.39, 0.29) is 11.7 Å². The molecule has 0 aliphatic rings. The minimum atomic E-state index is -0.297. The molecule has 3 aromatic heterocycles. The van der Waals surface area contributed by atoms with Crippen LogP contribution in [0.25, 0.3) is 32.7 Å². The van der Waals surface area contributed by atoms with Crippen molar-refractivity contribution in [3.05, 3.63) is 88.4 Å². The van der Waals surface area contributed by atoms with Crippen LogP contribution in [0.4, 0.5) is 9.52 Å². The molecule has 1 amide bonds. The third kappa shape index (κ3) is 3.97. The molecule has 5 rings (SSSR count). The van der Waals surface area contributed by atoms with Crippen molar-refractivity contribution in [3.8, 4) is 21.8 Å². The molecule has 5 aromatic rings. The number of para-hydroxylation sites is 1. The Morgan fingerprint density at radius 1 is 0.968 bits per heavy atom. The van der Waals surface area contributed by atoms with Gasteiger partial charge in [0.1, 0.15) is 5.82 Å². The molecule has 1 N–H and O–H groups in total. The Bertz CT molecular complexity index is 1410. The number of rotatable bonds is 4. The van der Waals surface area contributed by atoms with Gasteiger partial charge in [-0.2, -0.15) is 0 Å². The molecule has 152 valence electrons. The SMILES string of the molecule is Cc1ccc(-c2cc(C(=O)Nc3nc(-c4ccc(F)cc4)cs3)c3ccccc3n2)s1. The highest BCUT2D eigenvalue weighted by Gasteiger charge is 2.16. The fourth-order valence-electron chi connectivity index (χ4n) is 3.31. The lowest BCUT2D eigenvalue weighted by atomic mass is 10.1. The zero-order chi connectivity index (χ0) is 21.4. The van der Waals surface area contributed by atoms with E-state index in [9.17, 15) is 9.18 Å². The van der Waals surface area contributed by atoms with Crippen molar-refractivity contribution in [1.29, 1.82) is 0 Å². The molecule has 31 heavy (non-hydrogen) atoms. The van der Waals surface area contributed by atoms with Gasteiger partial charge in [-0.3, -0.25) is 10.1 Å². The molecule has 0 unspecified atom stereocenters. The summed E-state index contributed by atoms with van der Waals surface area (Å²) in [4.78, 5) is 24.6. The fourth-order valence-corrected chi connectivity index (χ4v) is 4.85. The third-order valence-corrected chi connectivity index (χ3v) is 6.60. The van der Waals surface area contributed by atoms with Crippen molar-refractivity contribution in [2.75, 3.05) is 5.32 Å². The summed E-state index contributed by atoms with van der Waals surface area (Å²) in [6, 6.07) is 19.6. The van der Waals surface area contributed by atoms with E-state index in [2.05, 4.69) is 10.3 Å². The Kier molecular flexibility index (Phi) is 5.05. The number of pyridine rings is 1. The average Bonchev–Trinajstić information content (AvgIpc) is 3.42. The van der Waals surface area contributed by atoms with Gasteiger partial charge < -0.3 is 0 Å². The summed E-state index contributed by atoms with van der Waals surface area (Å²) in [5.41, 5.74) is 3.57. The molecular weight excluding hydrogens is 429 g/mol. The standard InChI is InChI=1S/C24H16FN3OS2/c1-14-6-11-22(31-14)20-12-18(17-4-2-3-5-19(17)26-20)23(29)28-24-27-21(13-30-24)15-7-9-16(25)10-8-15/h2-13H,1H3,(H,27,28,29). The number of fused-ring (bicyclic) bond motifs is 1. The number of amides is 1. The van der Waals surface area contributed by atoms with Gasteiger partial charge in [0.05, 0.1) is 27.3 Å². The summed E-state index contributed by atoms with van der Waals surface area (Å²) in [7, 11) is 0. The van der Waals surface area contributed by atoms with Crippen LogP contribution < -0.4 is 5.32 Å². The normalized spacial score (nSPS) is 11.0. The molecule has 0 radical (unpaired) electrons. The molecule has 3 heterocycles. The Balaban J connectivity index is 1.49. The minimum absolute atomic E-state index is 0.242. The highest BCUT2D eigenvalue weighted by Crippen LogP contribution is 2.31. The van der Waals surface area contributed by atoms with Crippen molar-refractivity contribution >= 4 is 44.6 Å². The molecule has 0 aliphatic carbocycles. The molecule has 0 atom stereocenters. The number of nitrogens with one attached hydrogen (secondary N) is 1. The van der Waals surface area contributed by atoms with E-state index in [1.807, 2.05) is 54.8 Å². The summed E-state index contributed by atoms with van der Waals surface area (Å²) < 4.78 is 13.2. The van der Waals surface area contributed by atoms with E-state index in [0.29, 0.717) is 16.4 Å². The number of halogens is 1. The minimum Gasteiger partial charge on any atom is -0.298 e. The maximum Gasteiger partial charge on any atom is 0.258 e. The van der Waals surface area contributed by atoms with Crippen LogP contribution in [0.15, 0.2) is 72.1 Å². The first-order valence-corrected chi connectivity index (χ1v) is 11.3. The molecule has 0 bridgehead atoms. The zero-order valence-corrected chi connectivity index (χ0v) is 18.1. The number of nitrogens with zero attached hydrogens (tertiary/aromatic N) is 2. The smallest absolute Gasteiger partial charge is 0.258 e. The van der Waals surface area contributed by atoms with Crippen LogP contribution in [0.3, 0.4) is 0 Å². The highest BCUT2D eigenvalue weighted by molar-refractivity contribution is 7.15. The lowest BCUT2D eigenvalue weighted by molar-refractivity contribution is 0.102. The number of thiophene rings is 1. The second-order valence-corrected chi connectivity index (χ2v) is 9.13. The largest absolute Gasteiger partial charge is 0.298 e. The number of aryl methyl sites for hydroxylation is 1. The molecular formula is C24H16FN3OS2. The van der Waals surface area contributed by atoms with Crippen molar-refractivity contribution in [3.63, 3.8) is 0 Å². The van der Waals surface area contributed by atoms with Crippen LogP contribution in [-0.2, 0) is 0 Å². The Morgan fingerprint density at radius 3 is 2.55 bits per heavy atom. The third-order valence-electron chi connectivity index (χ3n) is 4.82. The summed E-state index contributed by atoms with van der Waals surface area (Å²) in [6.07, 6.45) is 0. The van der Waals surface area contributed by atoms with Crippen molar-refractivity contribution in [2.45, 2.75) is 6.92 Å². The second-order valence-electron chi connectivity index (χ2n) is 6.98. The Labute approximate surface area is 186 Å². The highest BCUT2D eigenvalue weighted by atomic mass is 32.1. The second kappa shape index (κ2) is 8.02. The fraction of sp³-hybridized carbons (Fsp3) is 0.0417. The van der Waals surface area contributed by atoms with E-state index in [0.717, 1.165) is 27.0 Å². The monoisotopic (exact) mass is 445 g/mol. The quantitative estimate of drug-likeness (QED) is 0.331. The average molecular weight is 446 g/mol. The van der Waals surface area contributed by atoms with E-state index in [4.69, 9.17) is 4.98 Å². The molecule has 2 aromatic carbocycles. The first-order chi connectivity index (χ1) is 15.1. The lowest BCUT2D eigenvalue weighted by Crippen LogP contribution is -2.13. The van der Waals surface area contributed by atoms with Gasteiger partial charge in [-0.25, -0.2) is 14.4 Å². The van der Waals surface area contributed by atoms with Crippen LogP contribution in [0.5, 0.6) is 0 Å². The number of carbonyl (C=O) groups excluding carboxylic acids is 1. The van der Waals surface area contributed by atoms with Crippen molar-refractivity contribution < 1.29 is 9.18 Å². The topological polar surface area (TPSA) is 54.9 Å². The van der Waals surface area contributed by atoms with E-state index < -0.39 is 0 Å². The number of hydrogen-bond donors (Lipinski definition) is 1. The predicted molar refractivity (Wildman–Crippen MR) is 125 cm³/mol. The molecule has 0 fully saturated rings. The summed E-state index contributed by atoms with van der Waals surface area (Å²) in [5, 5.41) is 6.02. The number of aromatic nitrogens is 2. The summed E-state index contributed by atoms with van der Waals surface area (Å²) in [5.74, 6) is -0.540. The molecule has 0 saturated carbocycles. The number of anilines is 1.